The van der Waals surface area contributed by atoms with Gasteiger partial charge in [-0.15, -0.1) is 0 Å². The van der Waals surface area contributed by atoms with Crippen LogP contribution in [0.3, 0.4) is 0 Å². The summed E-state index contributed by atoms with van der Waals surface area (Å²) in [5.74, 6) is 0. The molecule has 0 saturated heterocycles. The van der Waals surface area contributed by atoms with Crippen LogP contribution in [0.15, 0.2) is 0 Å². The minimum atomic E-state index is -0.101. The van der Waals surface area contributed by atoms with E-state index >= 15 is 0 Å². The predicted molar refractivity (Wildman–Crippen MR) is 84.7 cm³/mol. The van der Waals surface area contributed by atoms with Gasteiger partial charge in [0.1, 0.15) is 0 Å². The monoisotopic (exact) mass is 272 g/mol. The number of aliphatic hydroxyl groups is 1. The quantitative estimate of drug-likeness (QED) is 0.541. The summed E-state index contributed by atoms with van der Waals surface area (Å²) in [5.41, 5.74) is -0.101. The lowest BCUT2D eigenvalue weighted by molar-refractivity contribution is 0.157. The van der Waals surface area contributed by atoms with Gasteiger partial charge in [-0.05, 0) is 58.8 Å². The lowest BCUT2D eigenvalue weighted by atomic mass is 9.96. The van der Waals surface area contributed by atoms with Crippen LogP contribution in [0.25, 0.3) is 0 Å². The Morgan fingerprint density at radius 1 is 0.947 bits per heavy atom. The van der Waals surface area contributed by atoms with Crippen LogP contribution in [0.5, 0.6) is 0 Å². The van der Waals surface area contributed by atoms with E-state index in [4.69, 9.17) is 0 Å². The van der Waals surface area contributed by atoms with Gasteiger partial charge in [0, 0.05) is 5.54 Å². The van der Waals surface area contributed by atoms with Crippen LogP contribution in [-0.4, -0.2) is 48.3 Å². The van der Waals surface area contributed by atoms with Crippen molar-refractivity contribution in [2.75, 3.05) is 32.8 Å². The molecule has 0 aliphatic rings. The van der Waals surface area contributed by atoms with Crippen molar-refractivity contribution in [3.8, 4) is 0 Å². The minimum absolute atomic E-state index is 0.101. The zero-order valence-corrected chi connectivity index (χ0v) is 13.7. The van der Waals surface area contributed by atoms with Crippen LogP contribution in [0, 0.1) is 0 Å². The van der Waals surface area contributed by atoms with Crippen LogP contribution in [0.4, 0.5) is 0 Å². The van der Waals surface area contributed by atoms with E-state index in [0.29, 0.717) is 0 Å². The molecule has 0 aromatic rings. The van der Waals surface area contributed by atoms with Gasteiger partial charge in [-0.2, -0.15) is 0 Å². The Bertz CT molecular complexity index is 191. The highest BCUT2D eigenvalue weighted by atomic mass is 16.3. The number of hydrogen-bond acceptors (Lipinski definition) is 3. The molecule has 0 amide bonds. The molecule has 0 aliphatic carbocycles. The molecule has 3 heteroatoms. The van der Waals surface area contributed by atoms with E-state index in [2.05, 4.69) is 37.9 Å². The van der Waals surface area contributed by atoms with Crippen molar-refractivity contribution < 1.29 is 5.11 Å². The number of nitrogens with one attached hydrogen (secondary N) is 1. The van der Waals surface area contributed by atoms with Crippen molar-refractivity contribution >= 4 is 0 Å². The van der Waals surface area contributed by atoms with E-state index in [1.807, 2.05) is 0 Å². The second kappa shape index (κ2) is 11.7. The highest BCUT2D eigenvalue weighted by molar-refractivity contribution is 4.81. The molecule has 0 heterocycles. The summed E-state index contributed by atoms with van der Waals surface area (Å²) < 4.78 is 0. The third-order valence-electron chi connectivity index (χ3n) is 3.81. The fourth-order valence-corrected chi connectivity index (χ4v) is 2.44. The zero-order valence-electron chi connectivity index (χ0n) is 13.7. The van der Waals surface area contributed by atoms with E-state index in [9.17, 15) is 5.11 Å². The van der Waals surface area contributed by atoms with Crippen LogP contribution in [0.1, 0.15) is 66.2 Å². The number of nitrogens with zero attached hydrogens (tertiary/aromatic N) is 1. The average molecular weight is 272 g/mol. The van der Waals surface area contributed by atoms with Crippen LogP contribution >= 0.6 is 0 Å². The van der Waals surface area contributed by atoms with E-state index in [0.717, 1.165) is 19.4 Å². The molecular formula is C16H36N2O. The molecule has 0 radical (unpaired) electrons. The second-order valence-corrected chi connectivity index (χ2v) is 5.90. The van der Waals surface area contributed by atoms with E-state index in [-0.39, 0.29) is 12.1 Å². The fourth-order valence-electron chi connectivity index (χ4n) is 2.44. The van der Waals surface area contributed by atoms with Crippen LogP contribution in [-0.2, 0) is 0 Å². The number of hydrogen-bond donors (Lipinski definition) is 2. The Morgan fingerprint density at radius 3 is 1.89 bits per heavy atom. The van der Waals surface area contributed by atoms with Gasteiger partial charge in [0.15, 0.2) is 0 Å². The average Bonchev–Trinajstić information content (AvgIpc) is 2.41. The van der Waals surface area contributed by atoms with Crippen molar-refractivity contribution in [2.24, 2.45) is 0 Å². The molecule has 0 aliphatic heterocycles. The Hall–Kier alpha value is -0.120. The molecule has 19 heavy (non-hydrogen) atoms. The molecule has 0 bridgehead atoms. The molecule has 0 aromatic heterocycles. The summed E-state index contributed by atoms with van der Waals surface area (Å²) in [5, 5.41) is 12.9. The Morgan fingerprint density at radius 2 is 1.47 bits per heavy atom. The highest BCUT2D eigenvalue weighted by Crippen LogP contribution is 2.12. The maximum absolute atomic E-state index is 9.49. The summed E-state index contributed by atoms with van der Waals surface area (Å²) in [7, 11) is 0. The van der Waals surface area contributed by atoms with Crippen molar-refractivity contribution in [1.82, 2.24) is 10.2 Å². The van der Waals surface area contributed by atoms with Gasteiger partial charge >= 0.3 is 0 Å². The molecule has 1 atom stereocenters. The first-order chi connectivity index (χ1) is 9.11. The molecule has 1 unspecified atom stereocenters. The SMILES string of the molecule is CCCCN(CCCC)CCCC(C)(CO)NCC. The lowest BCUT2D eigenvalue weighted by Crippen LogP contribution is -2.46. The number of rotatable bonds is 13. The van der Waals surface area contributed by atoms with Gasteiger partial charge < -0.3 is 15.3 Å². The number of likely N-dealkylation sites (N-methyl/N-ethyl adjacent to an activating group) is 1. The van der Waals surface area contributed by atoms with Crippen molar-refractivity contribution in [3.05, 3.63) is 0 Å². The Labute approximate surface area is 120 Å². The summed E-state index contributed by atoms with van der Waals surface area (Å²) in [4.78, 5) is 2.59. The summed E-state index contributed by atoms with van der Waals surface area (Å²) >= 11 is 0. The minimum Gasteiger partial charge on any atom is -0.394 e. The standard InChI is InChI=1S/C16H36N2O/c1-5-8-12-18(13-9-6-2)14-10-11-16(4,15-19)17-7-3/h17,19H,5-15H2,1-4H3. The fraction of sp³-hybridized carbons (Fsp3) is 1.00. The van der Waals surface area contributed by atoms with Crippen LogP contribution in [0.2, 0.25) is 0 Å². The molecular weight excluding hydrogens is 236 g/mol. The molecule has 0 saturated carbocycles. The summed E-state index contributed by atoms with van der Waals surface area (Å²) in [6.07, 6.45) is 7.36. The first-order valence-electron chi connectivity index (χ1n) is 8.20. The van der Waals surface area contributed by atoms with Crippen molar-refractivity contribution in [2.45, 2.75) is 71.8 Å². The molecule has 3 nitrogen and oxygen atoms in total. The van der Waals surface area contributed by atoms with Gasteiger partial charge in [0.05, 0.1) is 6.61 Å². The number of unbranched alkanes of at least 4 members (excludes halogenated alkanes) is 2. The predicted octanol–water partition coefficient (Wildman–Crippen LogP) is 3.03. The first kappa shape index (κ1) is 18.9. The topological polar surface area (TPSA) is 35.5 Å². The van der Waals surface area contributed by atoms with Crippen molar-refractivity contribution in [1.29, 1.82) is 0 Å². The van der Waals surface area contributed by atoms with Gasteiger partial charge in [-0.25, -0.2) is 0 Å². The molecule has 116 valence electrons. The molecule has 0 fully saturated rings. The highest BCUT2D eigenvalue weighted by Gasteiger charge is 2.21. The Kier molecular flexibility index (Phi) is 11.6. The molecule has 0 spiro atoms. The maximum Gasteiger partial charge on any atom is 0.0610 e. The zero-order chi connectivity index (χ0) is 14.6. The van der Waals surface area contributed by atoms with Crippen LogP contribution < -0.4 is 5.32 Å². The van der Waals surface area contributed by atoms with Gasteiger partial charge in [0.2, 0.25) is 0 Å². The van der Waals surface area contributed by atoms with E-state index < -0.39 is 0 Å². The van der Waals surface area contributed by atoms with Crippen molar-refractivity contribution in [3.63, 3.8) is 0 Å². The lowest BCUT2D eigenvalue weighted by Gasteiger charge is -2.30. The summed E-state index contributed by atoms with van der Waals surface area (Å²) in [6, 6.07) is 0. The molecule has 0 aromatic carbocycles. The third-order valence-corrected chi connectivity index (χ3v) is 3.81. The molecule has 0 rings (SSSR count). The normalized spacial score (nSPS) is 14.8. The van der Waals surface area contributed by atoms with E-state index in [1.54, 1.807) is 0 Å². The van der Waals surface area contributed by atoms with Gasteiger partial charge in [0.25, 0.3) is 0 Å². The summed E-state index contributed by atoms with van der Waals surface area (Å²) in [6.45, 7) is 13.5. The van der Waals surface area contributed by atoms with Gasteiger partial charge in [-0.1, -0.05) is 33.6 Å². The number of aliphatic hydroxyl groups excluding tert-OH is 1. The smallest absolute Gasteiger partial charge is 0.0610 e. The van der Waals surface area contributed by atoms with Gasteiger partial charge in [-0.3, -0.25) is 0 Å². The third kappa shape index (κ3) is 9.42. The van der Waals surface area contributed by atoms with E-state index in [1.165, 1.54) is 45.3 Å². The second-order valence-electron chi connectivity index (χ2n) is 5.90. The molecule has 2 N–H and O–H groups in total. The Balaban J connectivity index is 4.00. The first-order valence-corrected chi connectivity index (χ1v) is 8.20. The maximum atomic E-state index is 9.49. The largest absolute Gasteiger partial charge is 0.394 e.